The second kappa shape index (κ2) is 6.56. The first-order valence-electron chi connectivity index (χ1n) is 6.04. The number of methoxy groups -OCH3 is 1. The first kappa shape index (κ1) is 15.5. The van der Waals surface area contributed by atoms with E-state index in [4.69, 9.17) is 9.84 Å². The molecule has 0 bridgehead atoms. The number of sulfone groups is 1. The normalized spacial score (nSPS) is 12.9. The van der Waals surface area contributed by atoms with Crippen LogP contribution in [-0.2, 0) is 14.6 Å². The van der Waals surface area contributed by atoms with Gasteiger partial charge in [-0.2, -0.15) is 0 Å². The number of carboxylic acids is 1. The van der Waals surface area contributed by atoms with E-state index in [1.807, 2.05) is 6.92 Å². The van der Waals surface area contributed by atoms with Crippen LogP contribution in [0.1, 0.15) is 26.2 Å². The van der Waals surface area contributed by atoms with Crippen LogP contribution in [0.2, 0.25) is 0 Å². The van der Waals surface area contributed by atoms with E-state index in [1.165, 1.54) is 19.2 Å². The van der Waals surface area contributed by atoms with Crippen molar-refractivity contribution in [3.05, 3.63) is 24.3 Å². The number of unbranched alkanes of at least 4 members (excludes halogenated alkanes) is 1. The number of ether oxygens (including phenoxy) is 1. The molecule has 0 aliphatic carbocycles. The van der Waals surface area contributed by atoms with E-state index in [-0.39, 0.29) is 17.1 Å². The lowest BCUT2D eigenvalue weighted by molar-refractivity contribution is -0.136. The number of para-hydroxylation sites is 1. The molecule has 1 N–H and O–H groups in total. The topological polar surface area (TPSA) is 80.7 Å². The highest BCUT2D eigenvalue weighted by molar-refractivity contribution is 7.92. The lowest BCUT2D eigenvalue weighted by Crippen LogP contribution is -2.30. The predicted octanol–water partition coefficient (Wildman–Crippen LogP) is 2.11. The molecule has 1 atom stereocenters. The molecular weight excluding hydrogens is 268 g/mol. The van der Waals surface area contributed by atoms with Gasteiger partial charge in [0.05, 0.1) is 7.11 Å². The van der Waals surface area contributed by atoms with Crippen LogP contribution < -0.4 is 4.74 Å². The van der Waals surface area contributed by atoms with Crippen LogP contribution in [0.25, 0.3) is 0 Å². The van der Waals surface area contributed by atoms with Crippen molar-refractivity contribution in [2.45, 2.75) is 36.3 Å². The Balaban J connectivity index is 3.23. The minimum absolute atomic E-state index is 0.0685. The fraction of sp³-hybridized carbons (Fsp3) is 0.462. The number of carbonyl (C=O) groups is 1. The van der Waals surface area contributed by atoms with Gasteiger partial charge >= 0.3 is 5.97 Å². The van der Waals surface area contributed by atoms with Gasteiger partial charge in [-0.05, 0) is 18.6 Å². The van der Waals surface area contributed by atoms with Gasteiger partial charge in [-0.3, -0.25) is 4.79 Å². The van der Waals surface area contributed by atoms with E-state index in [2.05, 4.69) is 0 Å². The summed E-state index contributed by atoms with van der Waals surface area (Å²) in [6.07, 6.45) is 1.39. The SMILES string of the molecule is CCCCC(C(=O)O)S(=O)(=O)c1ccccc1OC. The summed E-state index contributed by atoms with van der Waals surface area (Å²) in [5, 5.41) is 7.71. The molecule has 0 aromatic heterocycles. The van der Waals surface area contributed by atoms with Crippen LogP contribution >= 0.6 is 0 Å². The van der Waals surface area contributed by atoms with Crippen LogP contribution in [0.5, 0.6) is 5.75 Å². The maximum absolute atomic E-state index is 12.4. The summed E-state index contributed by atoms with van der Waals surface area (Å²) in [6, 6.07) is 6.06. The average molecular weight is 286 g/mol. The van der Waals surface area contributed by atoms with Crippen LogP contribution in [-0.4, -0.2) is 31.9 Å². The van der Waals surface area contributed by atoms with Crippen LogP contribution in [0.3, 0.4) is 0 Å². The van der Waals surface area contributed by atoms with Crippen molar-refractivity contribution in [1.29, 1.82) is 0 Å². The zero-order valence-corrected chi connectivity index (χ0v) is 11.8. The van der Waals surface area contributed by atoms with Gasteiger partial charge in [0.15, 0.2) is 15.1 Å². The molecule has 0 spiro atoms. The van der Waals surface area contributed by atoms with Crippen LogP contribution in [0, 0.1) is 0 Å². The molecular formula is C13H18O5S. The number of hydrogen-bond donors (Lipinski definition) is 1. The third kappa shape index (κ3) is 3.47. The highest BCUT2D eigenvalue weighted by Crippen LogP contribution is 2.28. The Morgan fingerprint density at radius 2 is 2.00 bits per heavy atom. The number of aliphatic carboxylic acids is 1. The van der Waals surface area contributed by atoms with E-state index >= 15 is 0 Å². The molecule has 0 heterocycles. The third-order valence-corrected chi connectivity index (χ3v) is 4.98. The van der Waals surface area contributed by atoms with E-state index in [0.29, 0.717) is 6.42 Å². The molecule has 0 saturated heterocycles. The monoisotopic (exact) mass is 286 g/mol. The minimum atomic E-state index is -3.94. The summed E-state index contributed by atoms with van der Waals surface area (Å²) >= 11 is 0. The molecule has 1 unspecified atom stereocenters. The van der Waals surface area contributed by atoms with E-state index in [1.54, 1.807) is 12.1 Å². The van der Waals surface area contributed by atoms with Crippen molar-refractivity contribution in [1.82, 2.24) is 0 Å². The summed E-state index contributed by atoms with van der Waals surface area (Å²) in [4.78, 5) is 11.1. The molecule has 0 aliphatic rings. The molecule has 0 amide bonds. The molecule has 1 rings (SSSR count). The summed E-state index contributed by atoms with van der Waals surface area (Å²) < 4.78 is 29.8. The average Bonchev–Trinajstić information content (AvgIpc) is 2.38. The number of hydrogen-bond acceptors (Lipinski definition) is 4. The van der Waals surface area contributed by atoms with Crippen molar-refractivity contribution in [2.75, 3.05) is 7.11 Å². The number of benzene rings is 1. The molecule has 1 aromatic rings. The predicted molar refractivity (Wildman–Crippen MR) is 71.1 cm³/mol. The molecule has 106 valence electrons. The molecule has 6 heteroatoms. The molecule has 0 radical (unpaired) electrons. The molecule has 5 nitrogen and oxygen atoms in total. The van der Waals surface area contributed by atoms with Crippen LogP contribution in [0.15, 0.2) is 29.2 Å². The highest BCUT2D eigenvalue weighted by Gasteiger charge is 2.35. The Morgan fingerprint density at radius 1 is 1.37 bits per heavy atom. The van der Waals surface area contributed by atoms with Crippen molar-refractivity contribution >= 4 is 15.8 Å². The van der Waals surface area contributed by atoms with Crippen molar-refractivity contribution < 1.29 is 23.1 Å². The highest BCUT2D eigenvalue weighted by atomic mass is 32.2. The minimum Gasteiger partial charge on any atom is -0.495 e. The van der Waals surface area contributed by atoms with E-state index < -0.39 is 21.1 Å². The molecule has 19 heavy (non-hydrogen) atoms. The Hall–Kier alpha value is -1.56. The second-order valence-electron chi connectivity index (χ2n) is 4.16. The Kier molecular flexibility index (Phi) is 5.35. The van der Waals surface area contributed by atoms with Crippen LogP contribution in [0.4, 0.5) is 0 Å². The number of carboxylic acid groups (broad SMARTS) is 1. The molecule has 1 aromatic carbocycles. The van der Waals surface area contributed by atoms with Gasteiger partial charge in [0, 0.05) is 0 Å². The maximum atomic E-state index is 12.4. The van der Waals surface area contributed by atoms with Gasteiger partial charge in [-0.25, -0.2) is 8.42 Å². The van der Waals surface area contributed by atoms with Crippen molar-refractivity contribution in [3.63, 3.8) is 0 Å². The van der Waals surface area contributed by atoms with E-state index in [9.17, 15) is 13.2 Å². The Bertz CT molecular complexity index is 536. The first-order chi connectivity index (χ1) is 8.95. The van der Waals surface area contributed by atoms with Gasteiger partial charge in [0.1, 0.15) is 10.6 Å². The summed E-state index contributed by atoms with van der Waals surface area (Å²) in [7, 11) is -2.58. The fourth-order valence-electron chi connectivity index (χ4n) is 1.81. The fourth-order valence-corrected chi connectivity index (χ4v) is 3.56. The standard InChI is InChI=1S/C13H18O5S/c1-3-4-8-12(13(14)15)19(16,17)11-9-6-5-7-10(11)18-2/h5-7,9,12H,3-4,8H2,1-2H3,(H,14,15). The maximum Gasteiger partial charge on any atom is 0.322 e. The zero-order chi connectivity index (χ0) is 14.5. The summed E-state index contributed by atoms with van der Waals surface area (Å²) in [5.74, 6) is -1.15. The van der Waals surface area contributed by atoms with Crippen molar-refractivity contribution in [3.8, 4) is 5.75 Å². The van der Waals surface area contributed by atoms with Gasteiger partial charge in [-0.15, -0.1) is 0 Å². The quantitative estimate of drug-likeness (QED) is 0.830. The summed E-state index contributed by atoms with van der Waals surface area (Å²) in [5.41, 5.74) is 0. The van der Waals surface area contributed by atoms with Gasteiger partial charge in [0.2, 0.25) is 0 Å². The lowest BCUT2D eigenvalue weighted by atomic mass is 10.2. The smallest absolute Gasteiger partial charge is 0.322 e. The lowest BCUT2D eigenvalue weighted by Gasteiger charge is -2.15. The largest absolute Gasteiger partial charge is 0.495 e. The first-order valence-corrected chi connectivity index (χ1v) is 7.59. The van der Waals surface area contributed by atoms with Gasteiger partial charge in [0.25, 0.3) is 0 Å². The van der Waals surface area contributed by atoms with E-state index in [0.717, 1.165) is 6.42 Å². The third-order valence-electron chi connectivity index (χ3n) is 2.85. The Morgan fingerprint density at radius 3 is 2.53 bits per heavy atom. The van der Waals surface area contributed by atoms with Crippen molar-refractivity contribution in [2.24, 2.45) is 0 Å². The van der Waals surface area contributed by atoms with Gasteiger partial charge < -0.3 is 9.84 Å². The Labute approximate surface area is 113 Å². The second-order valence-corrected chi connectivity index (χ2v) is 6.26. The van der Waals surface area contributed by atoms with Gasteiger partial charge in [-0.1, -0.05) is 31.9 Å². The summed E-state index contributed by atoms with van der Waals surface area (Å²) in [6.45, 7) is 1.88. The molecule has 0 fully saturated rings. The number of rotatable bonds is 7. The zero-order valence-electron chi connectivity index (χ0n) is 11.0. The molecule has 0 aliphatic heterocycles. The molecule has 0 saturated carbocycles.